The molecular weight excluding hydrogens is 352 g/mol. The van der Waals surface area contributed by atoms with E-state index in [2.05, 4.69) is 41.9 Å². The van der Waals surface area contributed by atoms with Gasteiger partial charge in [0.25, 0.3) is 0 Å². The molecule has 1 aliphatic heterocycles. The maximum atomic E-state index is 12.6. The molecule has 0 atom stereocenters. The number of para-hydroxylation sites is 1. The average Bonchev–Trinajstić information content (AvgIpc) is 3.00. The number of rotatable bonds is 4. The van der Waals surface area contributed by atoms with Crippen LogP contribution in [0.15, 0.2) is 42.5 Å². The topological polar surface area (TPSA) is 57.6 Å². The lowest BCUT2D eigenvalue weighted by Crippen LogP contribution is -2.52. The molecule has 2 aromatic rings. The molecule has 1 aliphatic rings. The van der Waals surface area contributed by atoms with Crippen molar-refractivity contribution in [2.75, 3.05) is 32.7 Å². The largest absolute Gasteiger partial charge is 0.338 e. The number of urea groups is 1. The first-order chi connectivity index (χ1) is 13.5. The van der Waals surface area contributed by atoms with Gasteiger partial charge in [-0.05, 0) is 50.6 Å². The van der Waals surface area contributed by atoms with Crippen molar-refractivity contribution in [1.29, 1.82) is 0 Å². The third-order valence-electron chi connectivity index (χ3n) is 5.10. The van der Waals surface area contributed by atoms with Gasteiger partial charge in [-0.3, -0.25) is 4.79 Å². The second-order valence-electron chi connectivity index (χ2n) is 6.98. The van der Waals surface area contributed by atoms with Crippen LogP contribution in [0, 0.1) is 13.8 Å². The maximum Gasteiger partial charge on any atom is 0.317 e. The summed E-state index contributed by atoms with van der Waals surface area (Å²) in [6, 6.07) is 12.2. The zero-order valence-electron chi connectivity index (χ0n) is 16.8. The lowest BCUT2D eigenvalue weighted by molar-refractivity contribution is -0.127. The molecule has 3 rings (SSSR count). The van der Waals surface area contributed by atoms with Crippen LogP contribution in [0.3, 0.4) is 0 Å². The summed E-state index contributed by atoms with van der Waals surface area (Å²) < 4.78 is 2.19. The summed E-state index contributed by atoms with van der Waals surface area (Å²) in [6.07, 6.45) is 3.53. The number of hydrogen-bond donors (Lipinski definition) is 1. The highest BCUT2D eigenvalue weighted by molar-refractivity contribution is 5.92. The number of benzene rings is 1. The molecule has 1 fully saturated rings. The van der Waals surface area contributed by atoms with Crippen molar-refractivity contribution in [2.24, 2.45) is 0 Å². The van der Waals surface area contributed by atoms with Crippen molar-refractivity contribution in [1.82, 2.24) is 19.7 Å². The van der Waals surface area contributed by atoms with E-state index >= 15 is 0 Å². The Morgan fingerprint density at radius 1 is 1.04 bits per heavy atom. The summed E-state index contributed by atoms with van der Waals surface area (Å²) >= 11 is 0. The number of nitrogens with zero attached hydrogens (tertiary/aromatic N) is 3. The fraction of sp³-hybridized carbons (Fsp3) is 0.364. The zero-order chi connectivity index (χ0) is 20.1. The number of carbonyl (C=O) groups is 2. The van der Waals surface area contributed by atoms with Gasteiger partial charge in [0.15, 0.2) is 0 Å². The van der Waals surface area contributed by atoms with Crippen molar-refractivity contribution >= 4 is 18.0 Å². The van der Waals surface area contributed by atoms with Crippen LogP contribution in [-0.2, 0) is 4.79 Å². The van der Waals surface area contributed by atoms with Gasteiger partial charge in [-0.25, -0.2) is 4.79 Å². The Bertz CT molecular complexity index is 862. The summed E-state index contributed by atoms with van der Waals surface area (Å²) in [4.78, 5) is 28.0. The van der Waals surface area contributed by atoms with Gasteiger partial charge in [-0.1, -0.05) is 18.2 Å². The fourth-order valence-corrected chi connectivity index (χ4v) is 3.59. The van der Waals surface area contributed by atoms with E-state index in [-0.39, 0.29) is 11.9 Å². The van der Waals surface area contributed by atoms with Gasteiger partial charge in [-0.15, -0.1) is 0 Å². The van der Waals surface area contributed by atoms with Gasteiger partial charge in [0.05, 0.1) is 0 Å². The minimum Gasteiger partial charge on any atom is -0.338 e. The fourth-order valence-electron chi connectivity index (χ4n) is 3.59. The molecule has 0 bridgehead atoms. The van der Waals surface area contributed by atoms with E-state index in [1.807, 2.05) is 31.2 Å². The molecule has 0 unspecified atom stereocenters. The number of piperazine rings is 1. The Morgan fingerprint density at radius 2 is 1.68 bits per heavy atom. The molecule has 1 aromatic heterocycles. The lowest BCUT2D eigenvalue weighted by atomic mass is 10.2. The molecule has 0 radical (unpaired) electrons. The van der Waals surface area contributed by atoms with Gasteiger partial charge in [0.2, 0.25) is 5.91 Å². The van der Waals surface area contributed by atoms with Gasteiger partial charge in [0.1, 0.15) is 0 Å². The molecule has 1 aromatic carbocycles. The van der Waals surface area contributed by atoms with E-state index < -0.39 is 0 Å². The van der Waals surface area contributed by atoms with E-state index in [4.69, 9.17) is 0 Å². The zero-order valence-corrected chi connectivity index (χ0v) is 16.8. The van der Waals surface area contributed by atoms with E-state index in [1.54, 1.807) is 15.9 Å². The Balaban J connectivity index is 1.65. The standard InChI is InChI=1S/C22H28N4O2/c1-4-23-22(28)25-14-12-24(13-15-25)21(27)11-10-19-16-17(2)26(18(19)3)20-8-6-5-7-9-20/h5-11,16H,4,12-15H2,1-3H3,(H,23,28)/b11-10+. The lowest BCUT2D eigenvalue weighted by Gasteiger charge is -2.34. The maximum absolute atomic E-state index is 12.6. The molecule has 6 nitrogen and oxygen atoms in total. The first kappa shape index (κ1) is 19.7. The Hall–Kier alpha value is -3.02. The Kier molecular flexibility index (Phi) is 6.19. The minimum atomic E-state index is -0.0570. The van der Waals surface area contributed by atoms with Crippen molar-refractivity contribution in [3.63, 3.8) is 0 Å². The van der Waals surface area contributed by atoms with Gasteiger partial charge < -0.3 is 19.7 Å². The third-order valence-corrected chi connectivity index (χ3v) is 5.10. The SMILES string of the molecule is CCNC(=O)N1CCN(C(=O)/C=C/c2cc(C)n(-c3ccccc3)c2C)CC1. The monoisotopic (exact) mass is 380 g/mol. The van der Waals surface area contributed by atoms with Gasteiger partial charge in [0, 0.05) is 55.9 Å². The molecule has 0 spiro atoms. The molecule has 6 heteroatoms. The van der Waals surface area contributed by atoms with Crippen LogP contribution in [-0.4, -0.2) is 59.0 Å². The molecule has 2 heterocycles. The summed E-state index contributed by atoms with van der Waals surface area (Å²) in [5.74, 6) is -0.0138. The first-order valence-electron chi connectivity index (χ1n) is 9.75. The van der Waals surface area contributed by atoms with Crippen molar-refractivity contribution in [3.8, 4) is 5.69 Å². The summed E-state index contributed by atoms with van der Waals surface area (Å²) in [7, 11) is 0. The number of hydrogen-bond acceptors (Lipinski definition) is 2. The second-order valence-corrected chi connectivity index (χ2v) is 6.98. The van der Waals surface area contributed by atoms with Crippen LogP contribution >= 0.6 is 0 Å². The first-order valence-corrected chi connectivity index (χ1v) is 9.75. The van der Waals surface area contributed by atoms with Gasteiger partial charge in [-0.2, -0.15) is 0 Å². The molecule has 1 N–H and O–H groups in total. The summed E-state index contributed by atoms with van der Waals surface area (Å²) in [5, 5.41) is 2.80. The van der Waals surface area contributed by atoms with Crippen LogP contribution in [0.4, 0.5) is 4.79 Å². The normalized spacial score (nSPS) is 14.5. The number of aromatic nitrogens is 1. The van der Waals surface area contributed by atoms with Crippen LogP contribution in [0.1, 0.15) is 23.9 Å². The number of carbonyl (C=O) groups excluding carboxylic acids is 2. The van der Waals surface area contributed by atoms with E-state index in [0.717, 1.165) is 22.6 Å². The number of amides is 3. The third kappa shape index (κ3) is 4.27. The Morgan fingerprint density at radius 3 is 2.32 bits per heavy atom. The summed E-state index contributed by atoms with van der Waals surface area (Å²) in [5.41, 5.74) is 4.39. The van der Waals surface area contributed by atoms with Gasteiger partial charge >= 0.3 is 6.03 Å². The smallest absolute Gasteiger partial charge is 0.317 e. The van der Waals surface area contributed by atoms with Crippen LogP contribution in [0.5, 0.6) is 0 Å². The number of nitrogens with one attached hydrogen (secondary N) is 1. The van der Waals surface area contributed by atoms with E-state index in [0.29, 0.717) is 32.7 Å². The number of aryl methyl sites for hydroxylation is 1. The Labute approximate surface area is 166 Å². The van der Waals surface area contributed by atoms with Crippen LogP contribution in [0.2, 0.25) is 0 Å². The predicted octanol–water partition coefficient (Wildman–Crippen LogP) is 2.98. The molecule has 0 aliphatic carbocycles. The van der Waals surface area contributed by atoms with Crippen molar-refractivity contribution < 1.29 is 9.59 Å². The summed E-state index contributed by atoms with van der Waals surface area (Å²) in [6.45, 7) is 8.89. The van der Waals surface area contributed by atoms with Crippen molar-refractivity contribution in [3.05, 3.63) is 59.4 Å². The van der Waals surface area contributed by atoms with E-state index in [9.17, 15) is 9.59 Å². The highest BCUT2D eigenvalue weighted by Gasteiger charge is 2.22. The molecule has 148 valence electrons. The minimum absolute atomic E-state index is 0.0138. The highest BCUT2D eigenvalue weighted by Crippen LogP contribution is 2.21. The molecule has 0 saturated carbocycles. The van der Waals surface area contributed by atoms with E-state index in [1.165, 1.54) is 0 Å². The molecular formula is C22H28N4O2. The predicted molar refractivity (Wildman–Crippen MR) is 112 cm³/mol. The molecule has 3 amide bonds. The van der Waals surface area contributed by atoms with Crippen LogP contribution < -0.4 is 5.32 Å². The average molecular weight is 380 g/mol. The second kappa shape index (κ2) is 8.78. The highest BCUT2D eigenvalue weighted by atomic mass is 16.2. The van der Waals surface area contributed by atoms with Crippen molar-refractivity contribution in [2.45, 2.75) is 20.8 Å². The quantitative estimate of drug-likeness (QED) is 0.829. The molecule has 1 saturated heterocycles. The van der Waals surface area contributed by atoms with Crippen LogP contribution in [0.25, 0.3) is 11.8 Å². The molecule has 28 heavy (non-hydrogen) atoms.